The normalized spacial score (nSPS) is 13.7. The van der Waals surface area contributed by atoms with Crippen molar-refractivity contribution in [2.45, 2.75) is 16.7 Å². The zero-order valence-electron chi connectivity index (χ0n) is 31.7. The Balaban J connectivity index is 1.14. The minimum Gasteiger partial charge on any atom is -0.309 e. The molecule has 0 amide bonds. The molecule has 2 heteroatoms. The summed E-state index contributed by atoms with van der Waals surface area (Å²) in [5.41, 5.74) is 19.9. The largest absolute Gasteiger partial charge is 0.309 e. The molecule has 0 radical (unpaired) electrons. The van der Waals surface area contributed by atoms with Crippen LogP contribution >= 0.6 is 12.6 Å². The minimum absolute atomic E-state index is 0.440. The zero-order chi connectivity index (χ0) is 38.6. The van der Waals surface area contributed by atoms with Crippen LogP contribution in [0.5, 0.6) is 0 Å². The van der Waals surface area contributed by atoms with Crippen LogP contribution in [0.4, 0.5) is 17.1 Å². The lowest BCUT2D eigenvalue weighted by atomic mass is 9.70. The Hall–Kier alpha value is -7.05. The molecule has 0 saturated heterocycles. The molecule has 8 aromatic rings. The Labute approximate surface area is 345 Å². The van der Waals surface area contributed by atoms with Crippen molar-refractivity contribution in [1.29, 1.82) is 0 Å². The Morgan fingerprint density at radius 1 is 0.448 bits per heavy atom. The van der Waals surface area contributed by atoms with E-state index in [-0.39, 0.29) is 0 Å². The summed E-state index contributed by atoms with van der Waals surface area (Å²) in [6.45, 7) is 0. The van der Waals surface area contributed by atoms with Gasteiger partial charge in [-0.2, -0.15) is 0 Å². The first-order valence-electron chi connectivity index (χ1n) is 19.9. The molecule has 3 aliphatic carbocycles. The third kappa shape index (κ3) is 5.14. The summed E-state index contributed by atoms with van der Waals surface area (Å²) in [5.74, 6) is 6.60. The number of anilines is 3. The topological polar surface area (TPSA) is 3.24 Å². The highest BCUT2D eigenvalue weighted by molar-refractivity contribution is 7.80. The minimum atomic E-state index is -0.440. The lowest BCUT2D eigenvalue weighted by Crippen LogP contribution is -2.26. The number of para-hydroxylation sites is 1. The van der Waals surface area contributed by atoms with Crippen LogP contribution in [-0.4, -0.2) is 0 Å². The summed E-state index contributed by atoms with van der Waals surface area (Å²) in [6.07, 6.45) is 7.01. The van der Waals surface area contributed by atoms with Crippen LogP contribution in [-0.2, 0) is 5.41 Å². The van der Waals surface area contributed by atoms with Gasteiger partial charge >= 0.3 is 0 Å². The molecule has 0 aliphatic heterocycles. The number of allylic oxidation sites excluding steroid dienone is 4. The van der Waals surface area contributed by atoms with Crippen LogP contribution < -0.4 is 4.90 Å². The second-order valence-corrected chi connectivity index (χ2v) is 15.5. The molecule has 0 aromatic heterocycles. The Morgan fingerprint density at radius 2 is 0.983 bits per heavy atom. The van der Waals surface area contributed by atoms with E-state index in [9.17, 15) is 0 Å². The van der Waals surface area contributed by atoms with E-state index in [1.54, 1.807) is 0 Å². The fraction of sp³-hybridized carbons (Fsp3) is 0.0357. The van der Waals surface area contributed by atoms with E-state index in [1.807, 2.05) is 0 Å². The number of hydrogen-bond acceptors (Lipinski definition) is 2. The van der Waals surface area contributed by atoms with E-state index in [0.29, 0.717) is 0 Å². The highest BCUT2D eigenvalue weighted by Crippen LogP contribution is 2.64. The van der Waals surface area contributed by atoms with Crippen molar-refractivity contribution >= 4 is 35.3 Å². The van der Waals surface area contributed by atoms with Crippen molar-refractivity contribution in [2.24, 2.45) is 0 Å². The van der Waals surface area contributed by atoms with Gasteiger partial charge in [0.2, 0.25) is 0 Å². The van der Waals surface area contributed by atoms with E-state index < -0.39 is 5.41 Å². The average molecular weight is 756 g/mol. The van der Waals surface area contributed by atoms with Gasteiger partial charge < -0.3 is 4.90 Å². The molecule has 0 unspecified atom stereocenters. The number of rotatable bonds is 6. The van der Waals surface area contributed by atoms with Crippen LogP contribution in [0.1, 0.15) is 34.2 Å². The number of hydrogen-bond donors (Lipinski definition) is 1. The van der Waals surface area contributed by atoms with Crippen molar-refractivity contribution in [3.05, 3.63) is 234 Å². The second-order valence-electron chi connectivity index (χ2n) is 15.1. The molecule has 0 fully saturated rings. The first-order chi connectivity index (χ1) is 28.7. The fourth-order valence-electron chi connectivity index (χ4n) is 9.67. The predicted molar refractivity (Wildman–Crippen MR) is 245 cm³/mol. The molecule has 1 spiro atoms. The van der Waals surface area contributed by atoms with Crippen LogP contribution in [0.3, 0.4) is 0 Å². The van der Waals surface area contributed by atoms with E-state index in [1.165, 1.54) is 55.6 Å². The highest BCUT2D eigenvalue weighted by atomic mass is 32.1. The van der Waals surface area contributed by atoms with Crippen LogP contribution in [0, 0.1) is 11.8 Å². The quantitative estimate of drug-likeness (QED) is 0.131. The monoisotopic (exact) mass is 755 g/mol. The molecule has 0 saturated carbocycles. The van der Waals surface area contributed by atoms with Gasteiger partial charge in [0.1, 0.15) is 0 Å². The van der Waals surface area contributed by atoms with Crippen molar-refractivity contribution in [3.8, 4) is 56.3 Å². The molecule has 0 heterocycles. The Bertz CT molecular complexity index is 3000. The molecule has 0 atom stereocenters. The molecule has 0 N–H and O–H groups in total. The first-order valence-corrected chi connectivity index (χ1v) is 20.3. The van der Waals surface area contributed by atoms with E-state index in [2.05, 4.69) is 223 Å². The molecule has 58 heavy (non-hydrogen) atoms. The zero-order valence-corrected chi connectivity index (χ0v) is 32.6. The summed E-state index contributed by atoms with van der Waals surface area (Å²) in [5, 5.41) is 0. The summed E-state index contributed by atoms with van der Waals surface area (Å²) >= 11 is 5.11. The van der Waals surface area contributed by atoms with Gasteiger partial charge in [-0.25, -0.2) is 0 Å². The van der Waals surface area contributed by atoms with Gasteiger partial charge in [-0.05, 0) is 86.0 Å². The maximum Gasteiger partial charge on any atom is 0.0726 e. The van der Waals surface area contributed by atoms with Gasteiger partial charge in [-0.15, -0.1) is 12.6 Å². The third-order valence-corrected chi connectivity index (χ3v) is 12.6. The lowest BCUT2D eigenvalue weighted by molar-refractivity contribution is 0.794. The van der Waals surface area contributed by atoms with Crippen molar-refractivity contribution in [1.82, 2.24) is 0 Å². The Kier molecular flexibility index (Phi) is 8.17. The van der Waals surface area contributed by atoms with E-state index in [4.69, 9.17) is 12.6 Å². The van der Waals surface area contributed by atoms with Crippen molar-refractivity contribution in [3.63, 3.8) is 0 Å². The summed E-state index contributed by atoms with van der Waals surface area (Å²) in [7, 11) is 0. The summed E-state index contributed by atoms with van der Waals surface area (Å²) in [6, 6.07) is 69.0. The molecule has 8 aromatic carbocycles. The third-order valence-electron chi connectivity index (χ3n) is 12.1. The van der Waals surface area contributed by atoms with Gasteiger partial charge in [-0.3, -0.25) is 0 Å². The molecule has 272 valence electrons. The highest BCUT2D eigenvalue weighted by Gasteiger charge is 2.52. The summed E-state index contributed by atoms with van der Waals surface area (Å²) < 4.78 is 0. The van der Waals surface area contributed by atoms with Crippen LogP contribution in [0.2, 0.25) is 0 Å². The van der Waals surface area contributed by atoms with Gasteiger partial charge in [0.25, 0.3) is 0 Å². The lowest BCUT2D eigenvalue weighted by Gasteiger charge is -2.32. The van der Waals surface area contributed by atoms with E-state index >= 15 is 0 Å². The van der Waals surface area contributed by atoms with Gasteiger partial charge in [-0.1, -0.05) is 188 Å². The first kappa shape index (κ1) is 34.2. The number of fused-ring (bicyclic) bond motifs is 10. The second kappa shape index (κ2) is 13.9. The molecule has 11 rings (SSSR count). The summed E-state index contributed by atoms with van der Waals surface area (Å²) in [4.78, 5) is 3.40. The molecule has 1 nitrogen and oxygen atoms in total. The standard InChI is InChI=1S/C56H37NS/c58-55-43(39-20-4-1-2-5-21-39)26-16-27-44(55)40-34-36-41(37-35-40)57(52-32-15-11-22-42(52)38-18-6-3-7-19-38)53-33-17-31-51-54(53)47-25-10-14-30-50(47)56(51)48-28-12-8-23-45(48)46-24-9-13-29-49(46)56/h1,3-4,6-20,22-37,58H,2H2. The SMILES string of the molecule is Sc1c(C2=CC=CCC#C2)cccc1-c1ccc(N(c2ccccc2-c2ccccc2)c2cccc3c2-c2ccccc2C32c3ccccc3-c3ccccc32)cc1. The van der Waals surface area contributed by atoms with Gasteiger partial charge in [0, 0.05) is 39.3 Å². The predicted octanol–water partition coefficient (Wildman–Crippen LogP) is 14.5. The Morgan fingerprint density at radius 3 is 1.72 bits per heavy atom. The number of nitrogens with zero attached hydrogens (tertiary/aromatic N) is 1. The average Bonchev–Trinajstić information content (AvgIpc) is 3.58. The van der Waals surface area contributed by atoms with Gasteiger partial charge in [0.05, 0.1) is 16.8 Å². The number of thiol groups is 1. The van der Waals surface area contributed by atoms with E-state index in [0.717, 1.165) is 50.6 Å². The van der Waals surface area contributed by atoms with Crippen LogP contribution in [0.15, 0.2) is 211 Å². The van der Waals surface area contributed by atoms with Crippen LogP contribution in [0.25, 0.3) is 50.1 Å². The van der Waals surface area contributed by atoms with Crippen molar-refractivity contribution in [2.75, 3.05) is 4.90 Å². The van der Waals surface area contributed by atoms with Gasteiger partial charge in [0.15, 0.2) is 0 Å². The fourth-order valence-corrected chi connectivity index (χ4v) is 10.1. The molecule has 0 bridgehead atoms. The van der Waals surface area contributed by atoms with Crippen molar-refractivity contribution < 1.29 is 0 Å². The smallest absolute Gasteiger partial charge is 0.0726 e. The maximum absolute atomic E-state index is 5.11. The molecular formula is C56H37NS. The number of benzene rings is 8. The molecular weight excluding hydrogens is 719 g/mol. The maximum atomic E-state index is 5.11. The molecule has 3 aliphatic rings.